The fourth-order valence-corrected chi connectivity index (χ4v) is 17.2. The predicted octanol–water partition coefficient (Wildman–Crippen LogP) is 14.3. The number of rotatable bonds is 20. The van der Waals surface area contributed by atoms with Gasteiger partial charge in [-0.15, -0.1) is 0 Å². The molecule has 4 atom stereocenters. The molecule has 0 bridgehead atoms. The maximum atomic E-state index is 13.6. The molecule has 11 N–H and O–H groups in total. The highest BCUT2D eigenvalue weighted by molar-refractivity contribution is 6.07. The summed E-state index contributed by atoms with van der Waals surface area (Å²) in [5.41, 5.74) is 38.1. The van der Waals surface area contributed by atoms with Gasteiger partial charge in [-0.1, -0.05) is 91.7 Å². The van der Waals surface area contributed by atoms with E-state index in [1.807, 2.05) is 147 Å². The molecule has 15 aromatic rings. The molecule has 19 rings (SSSR count). The molecule has 34 nitrogen and oxygen atoms in total. The standard InChI is InChI=1S/C27H25N7O3.C26H25N5O2.C25H22N6O3.C24H25N5O3/c1-3-7-22(35)33-14-6-8-19(33)26-32-23(24-25(28)30-13-15-34(24)26)17-10-11-18(20(16-17)37-2)27(36)31-21-9-4-5-12-29-21;1-2-23(32)30-16-6-7-19(17-30)31-22-14-15-28-26(27)24(22)25(29-31)18-10-12-21(13-11-18)33-20-8-4-3-5-9-20;1-2-6-21(32)29-14-13-18(15-29)31-24-22(23(26)27-16-28-24)30(25(31)33)17-9-11-20(12-10-17)34-19-7-4-3-5-8-19;1-2-20(30)28-14-6-7-17(15-28)29-23(25)21(24(26)31)22(27-29)16-10-12-19(13-11-16)32-18-8-4-3-5-9-18/h4-5,9-13,15-16,19H,6,8,14H2,1-2H3,(H2,28,30)(H,29,31,36);2-5,8-15,19H,1,6-7,16-17H2,(H2,27,28);3-5,7-12,16,18H,13-15H2,1H3,(H2,26,27,28);2-5,8-13,17H,1,6-7,14-15,25H2,(H2,26,31)/t2*19-;18-;17-/m0111/s1. The quantitative estimate of drug-likeness (QED) is 0.0305. The van der Waals surface area contributed by atoms with Crippen molar-refractivity contribution in [1.82, 2.24) is 82.6 Å². The van der Waals surface area contributed by atoms with Gasteiger partial charge in [0, 0.05) is 87.3 Å². The molecule has 0 saturated carbocycles. The second kappa shape index (κ2) is 41.6. The van der Waals surface area contributed by atoms with E-state index in [9.17, 15) is 33.6 Å². The smallest absolute Gasteiger partial charge is 0.335 e. The molecule has 8 aromatic heterocycles. The van der Waals surface area contributed by atoms with E-state index in [0.29, 0.717) is 137 Å². The van der Waals surface area contributed by atoms with E-state index in [2.05, 4.69) is 72.2 Å². The lowest BCUT2D eigenvalue weighted by molar-refractivity contribution is -0.128. The third kappa shape index (κ3) is 20.0. The Labute approximate surface area is 781 Å². The van der Waals surface area contributed by atoms with Gasteiger partial charge in [-0.25, -0.2) is 39.4 Å². The number of nitrogens with zero attached hydrogens (tertiary/aromatic N) is 17. The Bertz CT molecular complexity index is 7170. The van der Waals surface area contributed by atoms with Gasteiger partial charge in [0.1, 0.15) is 109 Å². The number of benzene rings is 7. The number of hydrogen-bond acceptors (Lipinski definition) is 23. The summed E-state index contributed by atoms with van der Waals surface area (Å²) in [5.74, 6) is 15.7. The van der Waals surface area contributed by atoms with Crippen LogP contribution in [0.3, 0.4) is 0 Å². The van der Waals surface area contributed by atoms with Gasteiger partial charge in [-0.3, -0.25) is 47.0 Å². The van der Waals surface area contributed by atoms with Gasteiger partial charge in [0.05, 0.1) is 53.4 Å². The first-order chi connectivity index (χ1) is 66.2. The number of aromatic nitrogens is 13. The number of carbonyl (C=O) groups excluding carboxylic acids is 6. The van der Waals surface area contributed by atoms with Crippen molar-refractivity contribution in [3.63, 3.8) is 0 Å². The zero-order valence-electron chi connectivity index (χ0n) is 74.8. The molecular formula is C102H97N23O11. The van der Waals surface area contributed by atoms with Crippen LogP contribution in [0.1, 0.15) is 110 Å². The fraction of sp³-hybridized carbons (Fsp3) is 0.206. The van der Waals surface area contributed by atoms with Crippen LogP contribution in [0.25, 0.3) is 67.0 Å². The summed E-state index contributed by atoms with van der Waals surface area (Å²) in [7, 11) is 1.50. The maximum Gasteiger partial charge on any atom is 0.335 e. The second-order valence-corrected chi connectivity index (χ2v) is 32.1. The predicted molar refractivity (Wildman–Crippen MR) is 518 cm³/mol. The highest BCUT2D eigenvalue weighted by Gasteiger charge is 2.37. The van der Waals surface area contributed by atoms with Gasteiger partial charge in [-0.2, -0.15) is 10.2 Å². The molecule has 136 heavy (non-hydrogen) atoms. The third-order valence-corrected chi connectivity index (χ3v) is 23.6. The van der Waals surface area contributed by atoms with Crippen molar-refractivity contribution in [2.24, 2.45) is 5.73 Å². The molecule has 4 saturated heterocycles. The van der Waals surface area contributed by atoms with E-state index in [1.165, 1.54) is 30.2 Å². The van der Waals surface area contributed by atoms with Gasteiger partial charge in [0.2, 0.25) is 11.8 Å². The van der Waals surface area contributed by atoms with E-state index in [4.69, 9.17) is 57.7 Å². The number of piperidine rings is 2. The minimum Gasteiger partial charge on any atom is -0.496 e. The number of amides is 6. The lowest BCUT2D eigenvalue weighted by Crippen LogP contribution is -2.40. The van der Waals surface area contributed by atoms with Crippen molar-refractivity contribution in [2.75, 3.05) is 81.2 Å². The number of nitrogen functional groups attached to an aromatic ring is 4. The lowest BCUT2D eigenvalue weighted by atomic mass is 10.1. The Morgan fingerprint density at radius 2 is 1.04 bits per heavy atom. The molecule has 4 aliphatic rings. The van der Waals surface area contributed by atoms with Gasteiger partial charge in [0.15, 0.2) is 11.5 Å². The van der Waals surface area contributed by atoms with Crippen LogP contribution in [0.15, 0.2) is 267 Å². The number of carbonyl (C=O) groups is 6. The molecule has 34 heteroatoms. The van der Waals surface area contributed by atoms with Gasteiger partial charge in [0.25, 0.3) is 23.6 Å². The summed E-state index contributed by atoms with van der Waals surface area (Å²) >= 11 is 0. The minimum atomic E-state index is -0.650. The molecule has 12 heterocycles. The molecule has 7 aromatic carbocycles. The minimum absolute atomic E-state index is 0.0495. The van der Waals surface area contributed by atoms with Crippen LogP contribution in [-0.4, -0.2) is 171 Å². The van der Waals surface area contributed by atoms with Crippen molar-refractivity contribution in [3.05, 3.63) is 290 Å². The number of para-hydroxylation sites is 3. The first-order valence-corrected chi connectivity index (χ1v) is 44.0. The van der Waals surface area contributed by atoms with Gasteiger partial charge in [-0.05, 0) is 222 Å². The maximum absolute atomic E-state index is 13.6. The summed E-state index contributed by atoms with van der Waals surface area (Å²) in [6.45, 7) is 14.4. The number of fused-ring (bicyclic) bond motifs is 3. The molecule has 0 radical (unpaired) electrons. The van der Waals surface area contributed by atoms with Crippen LogP contribution >= 0.6 is 0 Å². The van der Waals surface area contributed by atoms with Crippen LogP contribution in [0.2, 0.25) is 0 Å². The van der Waals surface area contributed by atoms with Crippen molar-refractivity contribution in [1.29, 1.82) is 0 Å². The fourth-order valence-electron chi connectivity index (χ4n) is 17.2. The van der Waals surface area contributed by atoms with Crippen molar-refractivity contribution < 1.29 is 47.7 Å². The molecule has 4 aliphatic heterocycles. The average Bonchev–Trinajstić information content (AvgIpc) is 1.63. The number of primary amides is 1. The first kappa shape index (κ1) is 91.6. The molecule has 6 amide bonds. The molecule has 0 spiro atoms. The highest BCUT2D eigenvalue weighted by Crippen LogP contribution is 2.42. The van der Waals surface area contributed by atoms with Crippen molar-refractivity contribution >= 4 is 92.1 Å². The zero-order valence-corrected chi connectivity index (χ0v) is 74.8. The number of anilines is 5. The SMILES string of the molecule is C=CC(=O)N1CCC[C@@H](n2nc(-c3ccc(Oc4ccccc4)cc3)c(C(N)=O)c2N)C1.C=CC(=O)N1CCC[C@@H](n2nc(-c3ccc(Oc4ccccc4)cc3)c3c(N)nccc32)C1.CC#CC(=O)N1CCC[C@H]1c1nc(-c2ccc(C(=O)Nc3ccccn3)c(OC)c2)c2c(N)nccn12.CC#CC(=O)N1CC[C@@H](n2c(=O)n(-c3ccc(Oc4ccccc4)cc3)c3c(N)ncnc32)C1. The molecule has 0 unspecified atom stereocenters. The Kier molecular flexibility index (Phi) is 28.0. The van der Waals surface area contributed by atoms with Crippen LogP contribution < -0.4 is 58.6 Å². The Hall–Kier alpha value is -17.7. The van der Waals surface area contributed by atoms with Crippen LogP contribution in [-0.2, 0) is 19.2 Å². The van der Waals surface area contributed by atoms with E-state index in [0.717, 1.165) is 90.2 Å². The Morgan fingerprint density at radius 3 is 1.62 bits per heavy atom. The summed E-state index contributed by atoms with van der Waals surface area (Å²) in [6.07, 6.45) is 16.4. The Morgan fingerprint density at radius 1 is 0.507 bits per heavy atom. The zero-order chi connectivity index (χ0) is 95.0. The van der Waals surface area contributed by atoms with Crippen LogP contribution in [0.5, 0.6) is 40.2 Å². The number of ether oxygens (including phenoxy) is 4. The molecule has 0 aliphatic carbocycles. The van der Waals surface area contributed by atoms with E-state index >= 15 is 0 Å². The van der Waals surface area contributed by atoms with Gasteiger partial charge >= 0.3 is 5.69 Å². The summed E-state index contributed by atoms with van der Waals surface area (Å²) in [5, 5.41) is 13.2. The number of imidazole rings is 2. The normalized spacial score (nSPS) is 15.4. The van der Waals surface area contributed by atoms with E-state index in [1.54, 1.807) is 135 Å². The molecule has 4 fully saturated rings. The number of hydrogen-bond donors (Lipinski definition) is 6. The van der Waals surface area contributed by atoms with Crippen LogP contribution in [0, 0.1) is 23.7 Å². The number of methoxy groups -OCH3 is 1. The highest BCUT2D eigenvalue weighted by atomic mass is 16.5. The summed E-state index contributed by atoms with van der Waals surface area (Å²) in [6, 6.07) is 62.5. The summed E-state index contributed by atoms with van der Waals surface area (Å²) in [4.78, 5) is 121. The van der Waals surface area contributed by atoms with Crippen molar-refractivity contribution in [3.8, 4) is 103 Å². The summed E-state index contributed by atoms with van der Waals surface area (Å²) < 4.78 is 31.8. The number of likely N-dealkylation sites (tertiary alicyclic amines) is 4. The second-order valence-electron chi connectivity index (χ2n) is 32.1. The topological polar surface area (TPSA) is 439 Å². The molecular weight excluding hydrogens is 1720 g/mol. The van der Waals surface area contributed by atoms with E-state index in [-0.39, 0.29) is 76.6 Å². The molecule has 686 valence electrons. The monoisotopic (exact) mass is 1820 g/mol. The van der Waals surface area contributed by atoms with Crippen LogP contribution in [0.4, 0.5) is 29.1 Å². The lowest BCUT2D eigenvalue weighted by Gasteiger charge is -2.32. The first-order valence-electron chi connectivity index (χ1n) is 44.0. The number of nitrogens with one attached hydrogen (secondary N) is 1. The largest absolute Gasteiger partial charge is 0.496 e. The third-order valence-electron chi connectivity index (χ3n) is 23.6. The van der Waals surface area contributed by atoms with E-state index < -0.39 is 5.91 Å². The van der Waals surface area contributed by atoms with Gasteiger partial charge < -0.3 is 72.5 Å². The average molecular weight is 1820 g/mol. The number of nitrogens with two attached hydrogens (primary N) is 5. The van der Waals surface area contributed by atoms with Crippen molar-refractivity contribution in [2.45, 2.75) is 83.0 Å². The Balaban J connectivity index is 0.000000132. The number of pyridine rings is 2.